The van der Waals surface area contributed by atoms with E-state index in [1.807, 2.05) is 12.3 Å². The summed E-state index contributed by atoms with van der Waals surface area (Å²) in [4.78, 5) is 6.87. The Kier molecular flexibility index (Phi) is 3.71. The number of nitrogens with one attached hydrogen (secondary N) is 1. The first-order valence-electron chi connectivity index (χ1n) is 6.69. The zero-order chi connectivity index (χ0) is 13.2. The van der Waals surface area contributed by atoms with Crippen LogP contribution in [-0.2, 0) is 0 Å². The molecule has 1 saturated heterocycles. The van der Waals surface area contributed by atoms with Gasteiger partial charge in [0.1, 0.15) is 5.82 Å². The van der Waals surface area contributed by atoms with Crippen LogP contribution >= 0.6 is 15.9 Å². The molecule has 1 unspecified atom stereocenters. The van der Waals surface area contributed by atoms with Crippen molar-refractivity contribution in [2.45, 2.75) is 6.42 Å². The van der Waals surface area contributed by atoms with Gasteiger partial charge in [-0.3, -0.25) is 0 Å². The van der Waals surface area contributed by atoms with Gasteiger partial charge in [-0.25, -0.2) is 4.98 Å². The molecule has 1 atom stereocenters. The minimum atomic E-state index is 0.731. The van der Waals surface area contributed by atoms with Crippen molar-refractivity contribution in [2.75, 3.05) is 32.0 Å². The van der Waals surface area contributed by atoms with Crippen LogP contribution in [0.1, 0.15) is 6.42 Å². The third-order valence-corrected chi connectivity index (χ3v) is 4.49. The molecule has 1 aromatic carbocycles. The molecule has 1 fully saturated rings. The fourth-order valence-corrected chi connectivity index (χ4v) is 3.24. The number of nitrogens with zero attached hydrogens (tertiary/aromatic N) is 2. The van der Waals surface area contributed by atoms with Gasteiger partial charge >= 0.3 is 0 Å². The molecule has 0 spiro atoms. The van der Waals surface area contributed by atoms with Gasteiger partial charge in [-0.15, -0.1) is 0 Å². The number of rotatable bonds is 3. The Labute approximate surface area is 122 Å². The maximum Gasteiger partial charge on any atom is 0.133 e. The van der Waals surface area contributed by atoms with Crippen LogP contribution in [0.15, 0.2) is 34.9 Å². The molecule has 1 N–H and O–H groups in total. The number of fused-ring (bicyclic) bond motifs is 1. The van der Waals surface area contributed by atoms with E-state index < -0.39 is 0 Å². The highest BCUT2D eigenvalue weighted by molar-refractivity contribution is 9.10. The van der Waals surface area contributed by atoms with Crippen molar-refractivity contribution in [1.82, 2.24) is 9.88 Å². The lowest BCUT2D eigenvalue weighted by Gasteiger charge is -2.13. The lowest BCUT2D eigenvalue weighted by molar-refractivity contribution is 0.399. The maximum absolute atomic E-state index is 4.48. The molecule has 2 heterocycles. The molecule has 3 nitrogen and oxygen atoms in total. The molecule has 1 aliphatic rings. The van der Waals surface area contributed by atoms with E-state index in [1.54, 1.807) is 0 Å². The Bertz CT molecular complexity index is 585. The lowest BCUT2D eigenvalue weighted by Crippen LogP contribution is -2.19. The Morgan fingerprint density at radius 1 is 1.37 bits per heavy atom. The highest BCUT2D eigenvalue weighted by Crippen LogP contribution is 2.28. The summed E-state index contributed by atoms with van der Waals surface area (Å²) in [7, 11) is 2.19. The summed E-state index contributed by atoms with van der Waals surface area (Å²) in [6.45, 7) is 3.39. The Balaban J connectivity index is 1.79. The zero-order valence-electron chi connectivity index (χ0n) is 11.1. The molecular formula is C15H18BrN3. The van der Waals surface area contributed by atoms with Crippen LogP contribution < -0.4 is 5.32 Å². The SMILES string of the molecule is CN1CCC(CNc2nccc3c(Br)cccc23)C1. The monoisotopic (exact) mass is 319 g/mol. The summed E-state index contributed by atoms with van der Waals surface area (Å²) in [5, 5.41) is 5.91. The van der Waals surface area contributed by atoms with E-state index in [-0.39, 0.29) is 0 Å². The van der Waals surface area contributed by atoms with Crippen LogP contribution in [0.2, 0.25) is 0 Å². The second-order valence-electron chi connectivity index (χ2n) is 5.29. The first-order chi connectivity index (χ1) is 9.24. The minimum Gasteiger partial charge on any atom is -0.369 e. The maximum atomic E-state index is 4.48. The molecule has 4 heteroatoms. The fraction of sp³-hybridized carbons (Fsp3) is 0.400. The van der Waals surface area contributed by atoms with Gasteiger partial charge in [0.2, 0.25) is 0 Å². The largest absolute Gasteiger partial charge is 0.369 e. The van der Waals surface area contributed by atoms with Gasteiger partial charge in [-0.2, -0.15) is 0 Å². The number of benzene rings is 1. The van der Waals surface area contributed by atoms with Crippen LogP contribution in [0, 0.1) is 5.92 Å². The molecule has 1 aromatic heterocycles. The molecule has 0 aliphatic carbocycles. The van der Waals surface area contributed by atoms with E-state index in [9.17, 15) is 0 Å². The van der Waals surface area contributed by atoms with Gasteiger partial charge < -0.3 is 10.2 Å². The third-order valence-electron chi connectivity index (χ3n) is 3.80. The number of likely N-dealkylation sites (tertiary alicyclic amines) is 1. The quantitative estimate of drug-likeness (QED) is 0.940. The lowest BCUT2D eigenvalue weighted by atomic mass is 10.1. The van der Waals surface area contributed by atoms with E-state index in [2.05, 4.69) is 56.4 Å². The molecular weight excluding hydrogens is 302 g/mol. The predicted octanol–water partition coefficient (Wildman–Crippen LogP) is 3.36. The summed E-state index contributed by atoms with van der Waals surface area (Å²) in [6, 6.07) is 8.30. The first-order valence-corrected chi connectivity index (χ1v) is 7.49. The second-order valence-corrected chi connectivity index (χ2v) is 6.15. The van der Waals surface area contributed by atoms with Gasteiger partial charge in [-0.1, -0.05) is 28.1 Å². The van der Waals surface area contributed by atoms with Crippen LogP contribution in [0.5, 0.6) is 0 Å². The summed E-state index contributed by atoms with van der Waals surface area (Å²) in [5.74, 6) is 1.72. The van der Waals surface area contributed by atoms with Crippen LogP contribution in [-0.4, -0.2) is 36.6 Å². The standard InChI is InChI=1S/C15H18BrN3/c1-19-8-6-11(10-19)9-18-15-13-3-2-4-14(16)12(13)5-7-17-15/h2-5,7,11H,6,8-10H2,1H3,(H,17,18). The first kappa shape index (κ1) is 12.9. The summed E-state index contributed by atoms with van der Waals surface area (Å²) >= 11 is 3.59. The molecule has 2 aromatic rings. The molecule has 1 aliphatic heterocycles. The van der Waals surface area contributed by atoms with Crippen molar-refractivity contribution in [3.63, 3.8) is 0 Å². The molecule has 0 amide bonds. The second kappa shape index (κ2) is 5.47. The molecule has 19 heavy (non-hydrogen) atoms. The topological polar surface area (TPSA) is 28.2 Å². The number of hydrogen-bond donors (Lipinski definition) is 1. The third kappa shape index (κ3) is 2.74. The average Bonchev–Trinajstić information content (AvgIpc) is 2.83. The Hall–Kier alpha value is -1.13. The van der Waals surface area contributed by atoms with Crippen molar-refractivity contribution in [1.29, 1.82) is 0 Å². The van der Waals surface area contributed by atoms with Gasteiger partial charge in [-0.05, 0) is 38.1 Å². The normalized spacial score (nSPS) is 20.0. The molecule has 0 bridgehead atoms. The van der Waals surface area contributed by atoms with Gasteiger partial charge in [0.05, 0.1) is 0 Å². The van der Waals surface area contributed by atoms with Gasteiger partial charge in [0.25, 0.3) is 0 Å². The summed E-state index contributed by atoms with van der Waals surface area (Å²) in [6.07, 6.45) is 3.15. The highest BCUT2D eigenvalue weighted by atomic mass is 79.9. The number of halogens is 1. The van der Waals surface area contributed by atoms with E-state index in [1.165, 1.54) is 30.3 Å². The summed E-state index contributed by atoms with van der Waals surface area (Å²) in [5.41, 5.74) is 0. The van der Waals surface area contributed by atoms with Gasteiger partial charge in [0, 0.05) is 34.5 Å². The van der Waals surface area contributed by atoms with Crippen molar-refractivity contribution in [2.24, 2.45) is 5.92 Å². The number of anilines is 1. The highest BCUT2D eigenvalue weighted by Gasteiger charge is 2.19. The number of hydrogen-bond acceptors (Lipinski definition) is 3. The average molecular weight is 320 g/mol. The Morgan fingerprint density at radius 2 is 2.26 bits per heavy atom. The van der Waals surface area contributed by atoms with Crippen molar-refractivity contribution < 1.29 is 0 Å². The van der Waals surface area contributed by atoms with E-state index >= 15 is 0 Å². The summed E-state index contributed by atoms with van der Waals surface area (Å²) < 4.78 is 1.12. The van der Waals surface area contributed by atoms with Crippen LogP contribution in [0.3, 0.4) is 0 Å². The van der Waals surface area contributed by atoms with Crippen LogP contribution in [0.4, 0.5) is 5.82 Å². The fourth-order valence-electron chi connectivity index (χ4n) is 2.74. The van der Waals surface area contributed by atoms with Crippen LogP contribution in [0.25, 0.3) is 10.8 Å². The Morgan fingerprint density at radius 3 is 3.05 bits per heavy atom. The number of aromatic nitrogens is 1. The van der Waals surface area contributed by atoms with Crippen molar-refractivity contribution in [3.8, 4) is 0 Å². The van der Waals surface area contributed by atoms with Crippen molar-refractivity contribution >= 4 is 32.5 Å². The van der Waals surface area contributed by atoms with Gasteiger partial charge in [0.15, 0.2) is 0 Å². The van der Waals surface area contributed by atoms with E-state index in [4.69, 9.17) is 0 Å². The molecule has 0 radical (unpaired) electrons. The minimum absolute atomic E-state index is 0.731. The smallest absolute Gasteiger partial charge is 0.133 e. The molecule has 3 rings (SSSR count). The number of pyridine rings is 1. The predicted molar refractivity (Wildman–Crippen MR) is 83.5 cm³/mol. The molecule has 100 valence electrons. The van der Waals surface area contributed by atoms with Crippen molar-refractivity contribution in [3.05, 3.63) is 34.9 Å². The van der Waals surface area contributed by atoms with E-state index in [0.717, 1.165) is 22.8 Å². The molecule has 0 saturated carbocycles. The van der Waals surface area contributed by atoms with E-state index in [0.29, 0.717) is 0 Å². The zero-order valence-corrected chi connectivity index (χ0v) is 12.7.